The van der Waals surface area contributed by atoms with Gasteiger partial charge in [-0.1, -0.05) is 39.8 Å². The zero-order chi connectivity index (χ0) is 18.5. The van der Waals surface area contributed by atoms with Crippen molar-refractivity contribution >= 4 is 11.9 Å². The molecule has 2 atom stereocenters. The summed E-state index contributed by atoms with van der Waals surface area (Å²) in [4.78, 5) is 23.1. The monoisotopic (exact) mass is 335 g/mol. The fraction of sp³-hybridized carbons (Fsp3) is 0.650. The number of carbonyl (C=O) groups excluding carboxylic acids is 2. The van der Waals surface area contributed by atoms with E-state index in [-0.39, 0.29) is 17.5 Å². The molecule has 1 rings (SSSR count). The number of hydrogen-bond acceptors (Lipinski definition) is 4. The lowest BCUT2D eigenvalue weighted by atomic mass is 9.71. The van der Waals surface area contributed by atoms with E-state index < -0.39 is 11.9 Å². The summed E-state index contributed by atoms with van der Waals surface area (Å²) in [6.07, 6.45) is 5.91. The molecule has 24 heavy (non-hydrogen) atoms. The Morgan fingerprint density at radius 3 is 2.42 bits per heavy atom. The number of rotatable bonds is 6. The molecule has 1 radical (unpaired) electrons. The van der Waals surface area contributed by atoms with E-state index in [0.29, 0.717) is 5.92 Å². The third kappa shape index (κ3) is 5.81. The van der Waals surface area contributed by atoms with Crippen LogP contribution in [0.25, 0.3) is 0 Å². The fourth-order valence-corrected chi connectivity index (χ4v) is 2.84. The molecule has 0 fully saturated rings. The van der Waals surface area contributed by atoms with Crippen LogP contribution in [-0.2, 0) is 19.1 Å². The van der Waals surface area contributed by atoms with Crippen LogP contribution in [0.15, 0.2) is 23.3 Å². The van der Waals surface area contributed by atoms with E-state index in [0.717, 1.165) is 18.4 Å². The second-order valence-electron chi connectivity index (χ2n) is 7.58. The maximum absolute atomic E-state index is 12.2. The van der Waals surface area contributed by atoms with Crippen molar-refractivity contribution in [2.45, 2.75) is 67.4 Å². The Hall–Kier alpha value is -1.58. The van der Waals surface area contributed by atoms with E-state index in [1.54, 1.807) is 6.92 Å². The summed E-state index contributed by atoms with van der Waals surface area (Å²) in [6, 6.07) is 0. The molecule has 0 spiro atoms. The van der Waals surface area contributed by atoms with Crippen LogP contribution < -0.4 is 0 Å². The maximum Gasteiger partial charge on any atom is 0.313 e. The van der Waals surface area contributed by atoms with Gasteiger partial charge in [-0.2, -0.15) is 0 Å². The van der Waals surface area contributed by atoms with Gasteiger partial charge in [0.2, 0.25) is 0 Å². The van der Waals surface area contributed by atoms with Crippen LogP contribution in [0.5, 0.6) is 0 Å². The minimum atomic E-state index is -0.578. The number of carbonyl (C=O) groups is 2. The molecule has 1 aliphatic rings. The third-order valence-electron chi connectivity index (χ3n) is 4.38. The van der Waals surface area contributed by atoms with Crippen molar-refractivity contribution in [2.75, 3.05) is 0 Å². The van der Waals surface area contributed by atoms with Crippen molar-refractivity contribution in [3.63, 3.8) is 0 Å². The molecule has 135 valence electrons. The molecule has 0 bridgehead atoms. The summed E-state index contributed by atoms with van der Waals surface area (Å²) in [6.45, 7) is 15.0. The standard InChI is InChI=1S/C20H31O4/c1-13(2)8-9-17-15(4)18(10-11-20(17,6)7)24-19(22)14(3)12-23-16(5)21/h8-9,12-14,18H,10-11H2,1-7H3/b9-8+/t14?,18-/m0/s1. The van der Waals surface area contributed by atoms with Crippen molar-refractivity contribution in [2.24, 2.45) is 17.3 Å². The minimum Gasteiger partial charge on any atom is -0.458 e. The predicted molar refractivity (Wildman–Crippen MR) is 94.8 cm³/mol. The normalized spacial score (nSPS) is 21.9. The summed E-state index contributed by atoms with van der Waals surface area (Å²) >= 11 is 0. The highest BCUT2D eigenvalue weighted by Crippen LogP contribution is 2.42. The van der Waals surface area contributed by atoms with Crippen molar-refractivity contribution in [3.8, 4) is 0 Å². The van der Waals surface area contributed by atoms with Crippen molar-refractivity contribution in [1.29, 1.82) is 0 Å². The van der Waals surface area contributed by atoms with E-state index in [1.807, 2.05) is 6.92 Å². The summed E-state index contributed by atoms with van der Waals surface area (Å²) < 4.78 is 10.4. The number of ether oxygens (including phenoxy) is 2. The molecule has 0 aromatic rings. The Morgan fingerprint density at radius 2 is 1.88 bits per heavy atom. The van der Waals surface area contributed by atoms with Crippen LogP contribution in [0.2, 0.25) is 0 Å². The van der Waals surface area contributed by atoms with Gasteiger partial charge in [0.15, 0.2) is 6.61 Å². The average molecular weight is 335 g/mol. The van der Waals surface area contributed by atoms with Gasteiger partial charge >= 0.3 is 11.9 Å². The first-order chi connectivity index (χ1) is 11.0. The molecule has 0 aromatic heterocycles. The van der Waals surface area contributed by atoms with Gasteiger partial charge in [-0.15, -0.1) is 0 Å². The van der Waals surface area contributed by atoms with Gasteiger partial charge < -0.3 is 9.47 Å². The summed E-state index contributed by atoms with van der Waals surface area (Å²) in [5, 5.41) is 0. The lowest BCUT2D eigenvalue weighted by molar-refractivity contribution is -0.154. The minimum absolute atomic E-state index is 0.0772. The summed E-state index contributed by atoms with van der Waals surface area (Å²) in [7, 11) is 0. The molecule has 4 heteroatoms. The number of hydrogen-bond donors (Lipinski definition) is 0. The highest BCUT2D eigenvalue weighted by Gasteiger charge is 2.34. The lowest BCUT2D eigenvalue weighted by Gasteiger charge is -2.37. The van der Waals surface area contributed by atoms with Gasteiger partial charge in [0, 0.05) is 6.92 Å². The summed E-state index contributed by atoms with van der Waals surface area (Å²) in [5.74, 6) is -0.910. The molecule has 0 saturated carbocycles. The van der Waals surface area contributed by atoms with Crippen LogP contribution in [0.1, 0.15) is 61.3 Å². The van der Waals surface area contributed by atoms with Gasteiger partial charge in [0.05, 0.1) is 5.92 Å². The Bertz CT molecular complexity index is 526. The van der Waals surface area contributed by atoms with Gasteiger partial charge in [-0.25, -0.2) is 0 Å². The van der Waals surface area contributed by atoms with Gasteiger partial charge in [-0.3, -0.25) is 9.59 Å². The Morgan fingerprint density at radius 1 is 1.25 bits per heavy atom. The second kappa shape index (κ2) is 8.50. The number of esters is 2. The molecular formula is C20H31O4. The predicted octanol–water partition coefficient (Wildman–Crippen LogP) is 4.61. The quantitative estimate of drug-likeness (QED) is 0.665. The van der Waals surface area contributed by atoms with E-state index >= 15 is 0 Å². The Balaban J connectivity index is 2.86. The Labute approximate surface area is 146 Å². The van der Waals surface area contributed by atoms with E-state index in [1.165, 1.54) is 19.1 Å². The van der Waals surface area contributed by atoms with Crippen LogP contribution in [-0.4, -0.2) is 18.0 Å². The van der Waals surface area contributed by atoms with Crippen LogP contribution in [0.3, 0.4) is 0 Å². The first kappa shape index (κ1) is 20.5. The third-order valence-corrected chi connectivity index (χ3v) is 4.38. The molecule has 0 N–H and O–H groups in total. The topological polar surface area (TPSA) is 52.6 Å². The molecule has 0 saturated heterocycles. The molecular weight excluding hydrogens is 304 g/mol. The molecule has 1 unspecified atom stereocenters. The number of allylic oxidation sites excluding steroid dienone is 3. The highest BCUT2D eigenvalue weighted by molar-refractivity contribution is 5.74. The lowest BCUT2D eigenvalue weighted by Crippen LogP contribution is -2.32. The second-order valence-corrected chi connectivity index (χ2v) is 7.58. The van der Waals surface area contributed by atoms with Crippen LogP contribution in [0, 0.1) is 23.9 Å². The van der Waals surface area contributed by atoms with Gasteiger partial charge in [0.25, 0.3) is 0 Å². The van der Waals surface area contributed by atoms with Crippen molar-refractivity contribution in [1.82, 2.24) is 0 Å². The van der Waals surface area contributed by atoms with E-state index in [9.17, 15) is 9.59 Å². The molecule has 0 aliphatic heterocycles. The smallest absolute Gasteiger partial charge is 0.313 e. The summed E-state index contributed by atoms with van der Waals surface area (Å²) in [5.41, 5.74) is 2.43. The molecule has 0 aromatic carbocycles. The van der Waals surface area contributed by atoms with Crippen LogP contribution in [0.4, 0.5) is 0 Å². The fourth-order valence-electron chi connectivity index (χ4n) is 2.84. The first-order valence-electron chi connectivity index (χ1n) is 8.65. The molecule has 0 amide bonds. The Kier molecular flexibility index (Phi) is 7.25. The zero-order valence-electron chi connectivity index (χ0n) is 16.0. The first-order valence-corrected chi connectivity index (χ1v) is 8.65. The zero-order valence-corrected chi connectivity index (χ0v) is 16.0. The SMILES string of the molecule is CC(=O)O[CH]C(C)C(=O)O[C@H]1CCC(C)(C)C(/C=C/C(C)C)=C1C. The van der Waals surface area contributed by atoms with Crippen molar-refractivity contribution in [3.05, 3.63) is 29.9 Å². The van der Waals surface area contributed by atoms with Crippen LogP contribution >= 0.6 is 0 Å². The molecule has 4 nitrogen and oxygen atoms in total. The van der Waals surface area contributed by atoms with E-state index in [4.69, 9.17) is 9.47 Å². The van der Waals surface area contributed by atoms with E-state index in [2.05, 4.69) is 39.8 Å². The largest absolute Gasteiger partial charge is 0.458 e. The van der Waals surface area contributed by atoms with Gasteiger partial charge in [0.1, 0.15) is 6.10 Å². The van der Waals surface area contributed by atoms with Crippen molar-refractivity contribution < 1.29 is 19.1 Å². The molecule has 0 heterocycles. The molecule has 1 aliphatic carbocycles. The van der Waals surface area contributed by atoms with Gasteiger partial charge in [-0.05, 0) is 49.2 Å². The highest BCUT2D eigenvalue weighted by atomic mass is 16.6. The maximum atomic E-state index is 12.2. The average Bonchev–Trinajstić information content (AvgIpc) is 2.46.